The van der Waals surface area contributed by atoms with E-state index in [1.54, 1.807) is 11.8 Å². The Bertz CT molecular complexity index is 530. The van der Waals surface area contributed by atoms with Gasteiger partial charge in [0, 0.05) is 11.0 Å². The van der Waals surface area contributed by atoms with E-state index in [1.807, 2.05) is 31.4 Å². The molecular weight excluding hydrogens is 238 g/mol. The molecule has 0 nitrogen and oxygen atoms in total. The van der Waals surface area contributed by atoms with E-state index in [-0.39, 0.29) is 0 Å². The van der Waals surface area contributed by atoms with Crippen LogP contribution in [0.15, 0.2) is 41.3 Å². The summed E-state index contributed by atoms with van der Waals surface area (Å²) in [5, 5.41) is 0. The maximum absolute atomic E-state index is 13.1. The van der Waals surface area contributed by atoms with Crippen molar-refractivity contribution in [1.82, 2.24) is 0 Å². The van der Waals surface area contributed by atoms with Crippen molar-refractivity contribution in [2.45, 2.75) is 11.8 Å². The van der Waals surface area contributed by atoms with Crippen LogP contribution < -0.4 is 0 Å². The van der Waals surface area contributed by atoms with Crippen molar-refractivity contribution in [3.05, 3.63) is 53.6 Å². The van der Waals surface area contributed by atoms with Crippen LogP contribution in [0.5, 0.6) is 0 Å². The molecule has 17 heavy (non-hydrogen) atoms. The molecule has 2 rings (SSSR count). The Morgan fingerprint density at radius 3 is 2.06 bits per heavy atom. The molecule has 0 aliphatic heterocycles. The molecule has 0 atom stereocenters. The van der Waals surface area contributed by atoms with E-state index in [1.165, 1.54) is 17.0 Å². The lowest BCUT2D eigenvalue weighted by atomic mass is 10.0. The van der Waals surface area contributed by atoms with E-state index in [2.05, 4.69) is 0 Å². The molecule has 0 unspecified atom stereocenters. The van der Waals surface area contributed by atoms with Gasteiger partial charge in [-0.3, -0.25) is 0 Å². The highest BCUT2D eigenvalue weighted by molar-refractivity contribution is 7.98. The van der Waals surface area contributed by atoms with Crippen LogP contribution in [0.2, 0.25) is 0 Å². The van der Waals surface area contributed by atoms with Crippen LogP contribution in [0.1, 0.15) is 5.56 Å². The summed E-state index contributed by atoms with van der Waals surface area (Å²) in [6.45, 7) is 1.99. The Kier molecular flexibility index (Phi) is 3.48. The first-order valence-electron chi connectivity index (χ1n) is 5.21. The molecule has 3 heteroatoms. The molecule has 0 spiro atoms. The van der Waals surface area contributed by atoms with Crippen molar-refractivity contribution in [2.24, 2.45) is 0 Å². The zero-order chi connectivity index (χ0) is 12.4. The summed E-state index contributed by atoms with van der Waals surface area (Å²) in [4.78, 5) is 1.17. The summed E-state index contributed by atoms with van der Waals surface area (Å²) >= 11 is 1.66. The predicted octanol–water partition coefficient (Wildman–Crippen LogP) is 4.66. The van der Waals surface area contributed by atoms with Gasteiger partial charge in [0.05, 0.1) is 0 Å². The second kappa shape index (κ2) is 4.88. The average molecular weight is 250 g/mol. The number of rotatable bonds is 2. The Labute approximate surface area is 104 Å². The first kappa shape index (κ1) is 12.1. The van der Waals surface area contributed by atoms with Gasteiger partial charge in [0.15, 0.2) is 0 Å². The van der Waals surface area contributed by atoms with Gasteiger partial charge in [-0.2, -0.15) is 0 Å². The average Bonchev–Trinajstić information content (AvgIpc) is 2.27. The molecule has 0 saturated heterocycles. The van der Waals surface area contributed by atoms with Gasteiger partial charge in [0.2, 0.25) is 0 Å². The highest BCUT2D eigenvalue weighted by Crippen LogP contribution is 2.27. The van der Waals surface area contributed by atoms with Gasteiger partial charge < -0.3 is 0 Å². The number of hydrogen-bond donors (Lipinski definition) is 0. The number of thioether (sulfide) groups is 1. The van der Waals surface area contributed by atoms with Crippen LogP contribution in [0.3, 0.4) is 0 Å². The zero-order valence-electron chi connectivity index (χ0n) is 9.63. The van der Waals surface area contributed by atoms with Crippen LogP contribution in [-0.2, 0) is 0 Å². The van der Waals surface area contributed by atoms with Crippen molar-refractivity contribution in [3.8, 4) is 11.1 Å². The van der Waals surface area contributed by atoms with Gasteiger partial charge >= 0.3 is 0 Å². The second-order valence-electron chi connectivity index (χ2n) is 3.84. The fourth-order valence-corrected chi connectivity index (χ4v) is 2.36. The standard InChI is InChI=1S/C14H12F2S/c1-9-5-10(3-4-14(9)17-2)11-6-12(15)8-13(16)7-11/h3-8H,1-2H3. The van der Waals surface area contributed by atoms with E-state index in [4.69, 9.17) is 0 Å². The number of aryl methyl sites for hydroxylation is 1. The minimum atomic E-state index is -0.549. The van der Waals surface area contributed by atoms with Crippen LogP contribution in [0.4, 0.5) is 8.78 Å². The summed E-state index contributed by atoms with van der Waals surface area (Å²) < 4.78 is 26.2. The number of hydrogen-bond acceptors (Lipinski definition) is 1. The molecule has 0 fully saturated rings. The predicted molar refractivity (Wildman–Crippen MR) is 68.3 cm³/mol. The van der Waals surface area contributed by atoms with Crippen molar-refractivity contribution >= 4 is 11.8 Å². The van der Waals surface area contributed by atoms with Crippen LogP contribution in [-0.4, -0.2) is 6.26 Å². The van der Waals surface area contributed by atoms with Gasteiger partial charge in [0.25, 0.3) is 0 Å². The fraction of sp³-hybridized carbons (Fsp3) is 0.143. The minimum absolute atomic E-state index is 0.549. The highest BCUT2D eigenvalue weighted by atomic mass is 32.2. The van der Waals surface area contributed by atoms with Gasteiger partial charge in [-0.1, -0.05) is 12.1 Å². The maximum atomic E-state index is 13.1. The van der Waals surface area contributed by atoms with Crippen molar-refractivity contribution < 1.29 is 8.78 Å². The molecular formula is C14H12F2S. The molecule has 0 aliphatic rings. The first-order chi connectivity index (χ1) is 8.10. The van der Waals surface area contributed by atoms with Crippen LogP contribution >= 0.6 is 11.8 Å². The molecule has 0 amide bonds. The third-order valence-electron chi connectivity index (χ3n) is 2.59. The Morgan fingerprint density at radius 2 is 1.53 bits per heavy atom. The monoisotopic (exact) mass is 250 g/mol. The van der Waals surface area contributed by atoms with E-state index in [0.29, 0.717) is 5.56 Å². The smallest absolute Gasteiger partial charge is 0.126 e. The Hall–Kier alpha value is -1.35. The maximum Gasteiger partial charge on any atom is 0.126 e. The van der Waals surface area contributed by atoms with Gasteiger partial charge in [-0.15, -0.1) is 11.8 Å². The Morgan fingerprint density at radius 1 is 0.882 bits per heavy atom. The molecule has 0 N–H and O–H groups in total. The van der Waals surface area contributed by atoms with E-state index < -0.39 is 11.6 Å². The highest BCUT2D eigenvalue weighted by Gasteiger charge is 2.05. The normalized spacial score (nSPS) is 10.6. The molecule has 0 heterocycles. The SMILES string of the molecule is CSc1ccc(-c2cc(F)cc(F)c2)cc1C. The molecule has 88 valence electrons. The quantitative estimate of drug-likeness (QED) is 0.698. The molecule has 0 radical (unpaired) electrons. The number of benzene rings is 2. The van der Waals surface area contributed by atoms with E-state index in [9.17, 15) is 8.78 Å². The fourth-order valence-electron chi connectivity index (χ4n) is 1.78. The summed E-state index contributed by atoms with van der Waals surface area (Å²) in [5.74, 6) is -1.10. The molecule has 2 aromatic rings. The van der Waals surface area contributed by atoms with Crippen LogP contribution in [0.25, 0.3) is 11.1 Å². The zero-order valence-corrected chi connectivity index (χ0v) is 10.4. The molecule has 0 aromatic heterocycles. The lowest BCUT2D eigenvalue weighted by Gasteiger charge is -2.07. The van der Waals surface area contributed by atoms with Crippen LogP contribution in [0, 0.1) is 18.6 Å². The molecule has 0 saturated carbocycles. The first-order valence-corrected chi connectivity index (χ1v) is 6.44. The number of halogens is 2. The lowest BCUT2D eigenvalue weighted by molar-refractivity contribution is 0.584. The third-order valence-corrected chi connectivity index (χ3v) is 3.49. The molecule has 2 aromatic carbocycles. The summed E-state index contributed by atoms with van der Waals surface area (Å²) in [5.41, 5.74) is 2.51. The second-order valence-corrected chi connectivity index (χ2v) is 4.69. The van der Waals surface area contributed by atoms with Gasteiger partial charge in [-0.25, -0.2) is 8.78 Å². The van der Waals surface area contributed by atoms with Crippen molar-refractivity contribution in [3.63, 3.8) is 0 Å². The summed E-state index contributed by atoms with van der Waals surface area (Å²) in [6.07, 6.45) is 2.00. The van der Waals surface area contributed by atoms with Crippen molar-refractivity contribution in [1.29, 1.82) is 0 Å². The topological polar surface area (TPSA) is 0 Å². The minimum Gasteiger partial charge on any atom is -0.207 e. The van der Waals surface area contributed by atoms with Crippen molar-refractivity contribution in [2.75, 3.05) is 6.26 Å². The summed E-state index contributed by atoms with van der Waals surface area (Å²) in [7, 11) is 0. The van der Waals surface area contributed by atoms with Gasteiger partial charge in [-0.05, 0) is 48.1 Å². The third kappa shape index (κ3) is 2.67. The summed E-state index contributed by atoms with van der Waals surface area (Å²) in [6, 6.07) is 9.37. The van der Waals surface area contributed by atoms with Gasteiger partial charge in [0.1, 0.15) is 11.6 Å². The van der Waals surface area contributed by atoms with E-state index in [0.717, 1.165) is 17.2 Å². The Balaban J connectivity index is 2.49. The largest absolute Gasteiger partial charge is 0.207 e. The van der Waals surface area contributed by atoms with E-state index >= 15 is 0 Å². The lowest BCUT2D eigenvalue weighted by Crippen LogP contribution is -1.86. The molecule has 0 aliphatic carbocycles. The molecule has 0 bridgehead atoms.